The first kappa shape index (κ1) is 24.5. The highest BCUT2D eigenvalue weighted by molar-refractivity contribution is 5.99. The molecule has 1 aromatic carbocycles. The second-order valence-electron chi connectivity index (χ2n) is 10.8. The summed E-state index contributed by atoms with van der Waals surface area (Å²) in [5.41, 5.74) is 6.48. The average molecular weight is 471 g/mol. The number of ether oxygens (including phenoxy) is 2. The van der Waals surface area contributed by atoms with E-state index >= 15 is 0 Å². The Kier molecular flexibility index (Phi) is 6.64. The molecule has 5 atom stereocenters. The van der Waals surface area contributed by atoms with Crippen LogP contribution in [-0.2, 0) is 14.3 Å². The summed E-state index contributed by atoms with van der Waals surface area (Å²) < 4.78 is 11.4. The highest BCUT2D eigenvalue weighted by Crippen LogP contribution is 2.47. The Morgan fingerprint density at radius 3 is 2.76 bits per heavy atom. The molecule has 0 spiro atoms. The second-order valence-corrected chi connectivity index (χ2v) is 10.8. The highest BCUT2D eigenvalue weighted by atomic mass is 16.5. The number of carbonyl (C=O) groups is 2. The third kappa shape index (κ3) is 4.92. The molecule has 186 valence electrons. The Labute approximate surface area is 202 Å². The van der Waals surface area contributed by atoms with Gasteiger partial charge in [-0.25, -0.2) is 4.99 Å². The number of guanidine groups is 1. The van der Waals surface area contributed by atoms with Crippen LogP contribution in [-0.4, -0.2) is 53.6 Å². The molecule has 0 bridgehead atoms. The number of methoxy groups -OCH3 is 1. The van der Waals surface area contributed by atoms with Gasteiger partial charge in [0.05, 0.1) is 18.0 Å². The van der Waals surface area contributed by atoms with Crippen LogP contribution in [0.2, 0.25) is 0 Å². The van der Waals surface area contributed by atoms with Crippen LogP contribution >= 0.6 is 0 Å². The zero-order valence-corrected chi connectivity index (χ0v) is 21.0. The van der Waals surface area contributed by atoms with E-state index in [1.807, 2.05) is 52.0 Å². The van der Waals surface area contributed by atoms with E-state index in [0.29, 0.717) is 25.9 Å². The van der Waals surface area contributed by atoms with Crippen LogP contribution in [0.4, 0.5) is 0 Å². The van der Waals surface area contributed by atoms with Crippen LogP contribution in [0.3, 0.4) is 0 Å². The minimum absolute atomic E-state index is 0.0169. The molecule has 0 aromatic heterocycles. The summed E-state index contributed by atoms with van der Waals surface area (Å²) in [6.07, 6.45) is 3.10. The zero-order valence-electron chi connectivity index (χ0n) is 21.0. The van der Waals surface area contributed by atoms with Gasteiger partial charge in [0.15, 0.2) is 5.96 Å². The SMILES string of the molecule is CC[C@]1(C)CC(=O)N([C@H](CCOC)[C@@H]2C[C@H]2C(=O)N[C@H]2CC(C)(C)Oc3ccccc32)C(N)=N1. The standard InChI is InChI=1S/C26H38N4O4/c1-6-26(4)15-22(31)30(24(27)29-26)20(11-12-33-5)17-13-18(17)23(32)28-19-14-25(2,3)34-21-10-8-7-9-16(19)21/h7-10,17-20H,6,11-15H2,1-5H3,(H2,27,29)(H,28,32)/t17-,18-,19+,20-,26-/m1/s1. The van der Waals surface area contributed by atoms with Gasteiger partial charge < -0.3 is 20.5 Å². The Bertz CT molecular complexity index is 977. The number of carbonyl (C=O) groups excluding carboxylic acids is 2. The van der Waals surface area contributed by atoms with Gasteiger partial charge in [-0.2, -0.15) is 0 Å². The third-order valence-electron chi connectivity index (χ3n) is 7.51. The van der Waals surface area contributed by atoms with Crippen molar-refractivity contribution in [2.24, 2.45) is 22.6 Å². The van der Waals surface area contributed by atoms with Crippen molar-refractivity contribution in [3.05, 3.63) is 29.8 Å². The van der Waals surface area contributed by atoms with Crippen LogP contribution in [0, 0.1) is 11.8 Å². The lowest BCUT2D eigenvalue weighted by Gasteiger charge is -2.39. The number of hydrogen-bond donors (Lipinski definition) is 2. The molecule has 8 heteroatoms. The van der Waals surface area contributed by atoms with Crippen molar-refractivity contribution < 1.29 is 19.1 Å². The molecule has 8 nitrogen and oxygen atoms in total. The van der Waals surface area contributed by atoms with E-state index in [2.05, 4.69) is 10.3 Å². The van der Waals surface area contributed by atoms with Gasteiger partial charge in [0, 0.05) is 37.7 Å². The molecule has 2 amide bonds. The fourth-order valence-electron chi connectivity index (χ4n) is 5.39. The quantitative estimate of drug-likeness (QED) is 0.607. The minimum atomic E-state index is -0.465. The molecule has 0 unspecified atom stereocenters. The Hall–Kier alpha value is -2.61. The summed E-state index contributed by atoms with van der Waals surface area (Å²) in [4.78, 5) is 32.7. The number of aliphatic imine (C=N–C) groups is 1. The molecule has 1 aromatic rings. The molecule has 3 aliphatic rings. The van der Waals surface area contributed by atoms with Gasteiger partial charge in [-0.1, -0.05) is 25.1 Å². The van der Waals surface area contributed by atoms with Crippen molar-refractivity contribution in [2.75, 3.05) is 13.7 Å². The topological polar surface area (TPSA) is 106 Å². The van der Waals surface area contributed by atoms with E-state index in [1.165, 1.54) is 0 Å². The van der Waals surface area contributed by atoms with Gasteiger partial charge >= 0.3 is 0 Å². The summed E-state index contributed by atoms with van der Waals surface area (Å²) in [5, 5.41) is 3.27. The number of nitrogens with zero attached hydrogens (tertiary/aromatic N) is 2. The van der Waals surface area contributed by atoms with Crippen LogP contribution < -0.4 is 15.8 Å². The highest BCUT2D eigenvalue weighted by Gasteiger charge is 2.52. The molecule has 4 rings (SSSR count). The second kappa shape index (κ2) is 9.21. The van der Waals surface area contributed by atoms with Crippen molar-refractivity contribution in [1.82, 2.24) is 10.2 Å². The van der Waals surface area contributed by atoms with Crippen molar-refractivity contribution >= 4 is 17.8 Å². The maximum atomic E-state index is 13.3. The third-order valence-corrected chi connectivity index (χ3v) is 7.51. The lowest BCUT2D eigenvalue weighted by atomic mass is 9.89. The molecule has 0 radical (unpaired) electrons. The van der Waals surface area contributed by atoms with E-state index in [-0.39, 0.29) is 47.3 Å². The van der Waals surface area contributed by atoms with E-state index in [9.17, 15) is 9.59 Å². The molecule has 3 N–H and O–H groups in total. The summed E-state index contributed by atoms with van der Waals surface area (Å²) in [5.74, 6) is 0.929. The smallest absolute Gasteiger partial charge is 0.231 e. The summed E-state index contributed by atoms with van der Waals surface area (Å²) in [6, 6.07) is 7.56. The molecule has 2 heterocycles. The number of hydrogen-bond acceptors (Lipinski definition) is 6. The van der Waals surface area contributed by atoms with E-state index in [4.69, 9.17) is 15.2 Å². The van der Waals surface area contributed by atoms with E-state index in [0.717, 1.165) is 24.2 Å². The van der Waals surface area contributed by atoms with Crippen LogP contribution in [0.15, 0.2) is 29.3 Å². The van der Waals surface area contributed by atoms with Crippen LogP contribution in [0.5, 0.6) is 5.75 Å². The van der Waals surface area contributed by atoms with Crippen LogP contribution in [0.25, 0.3) is 0 Å². The predicted molar refractivity (Wildman–Crippen MR) is 130 cm³/mol. The molecule has 34 heavy (non-hydrogen) atoms. The van der Waals surface area contributed by atoms with Gasteiger partial charge in [0.1, 0.15) is 11.4 Å². The summed E-state index contributed by atoms with van der Waals surface area (Å²) in [6.45, 7) is 8.53. The maximum absolute atomic E-state index is 13.3. The normalized spacial score (nSPS) is 30.6. The monoisotopic (exact) mass is 470 g/mol. The summed E-state index contributed by atoms with van der Waals surface area (Å²) >= 11 is 0. The summed E-state index contributed by atoms with van der Waals surface area (Å²) in [7, 11) is 1.64. The predicted octanol–water partition coefficient (Wildman–Crippen LogP) is 3.16. The molecule has 1 aliphatic carbocycles. The van der Waals surface area contributed by atoms with Crippen molar-refractivity contribution in [2.45, 2.75) is 83.0 Å². The molecular weight excluding hydrogens is 432 g/mol. The zero-order chi connectivity index (χ0) is 24.7. The van der Waals surface area contributed by atoms with Crippen LogP contribution in [0.1, 0.15) is 71.4 Å². The number of para-hydroxylation sites is 1. The minimum Gasteiger partial charge on any atom is -0.487 e. The number of amides is 2. The molecular formula is C26H38N4O4. The van der Waals surface area contributed by atoms with Crippen molar-refractivity contribution in [1.29, 1.82) is 0 Å². The average Bonchev–Trinajstić information content (AvgIpc) is 3.55. The van der Waals surface area contributed by atoms with Crippen molar-refractivity contribution in [3.63, 3.8) is 0 Å². The molecule has 1 saturated carbocycles. The first-order valence-corrected chi connectivity index (χ1v) is 12.3. The van der Waals surface area contributed by atoms with E-state index < -0.39 is 5.54 Å². The fraction of sp³-hybridized carbons (Fsp3) is 0.654. The van der Waals surface area contributed by atoms with Crippen molar-refractivity contribution in [3.8, 4) is 5.75 Å². The largest absolute Gasteiger partial charge is 0.487 e. The molecule has 1 fully saturated rings. The fourth-order valence-corrected chi connectivity index (χ4v) is 5.39. The Morgan fingerprint density at radius 1 is 1.35 bits per heavy atom. The number of nitrogens with two attached hydrogens (primary N) is 1. The van der Waals surface area contributed by atoms with Gasteiger partial charge in [0.25, 0.3) is 0 Å². The Morgan fingerprint density at radius 2 is 2.09 bits per heavy atom. The maximum Gasteiger partial charge on any atom is 0.231 e. The van der Waals surface area contributed by atoms with Gasteiger partial charge in [-0.05, 0) is 52.0 Å². The Balaban J connectivity index is 1.49. The first-order valence-electron chi connectivity index (χ1n) is 12.3. The first-order chi connectivity index (χ1) is 16.1. The number of fused-ring (bicyclic) bond motifs is 1. The number of nitrogens with one attached hydrogen (secondary N) is 1. The molecule has 0 saturated heterocycles. The van der Waals surface area contributed by atoms with E-state index in [1.54, 1.807) is 12.0 Å². The number of rotatable bonds is 8. The molecule has 2 aliphatic heterocycles. The number of benzene rings is 1. The van der Waals surface area contributed by atoms with Gasteiger partial charge in [-0.3, -0.25) is 14.5 Å². The lowest BCUT2D eigenvalue weighted by Crippen LogP contribution is -2.56. The van der Waals surface area contributed by atoms with Gasteiger partial charge in [-0.15, -0.1) is 0 Å². The van der Waals surface area contributed by atoms with Gasteiger partial charge in [0.2, 0.25) is 11.8 Å². The lowest BCUT2D eigenvalue weighted by molar-refractivity contribution is -0.132.